The standard InChI is InChI=1S/C6H12.C4H6O3/c1-2-4-6-5-3-1;5-3-6-1-4-2-7-4/h1-6H2;3-4H,1-2H2. The highest BCUT2D eigenvalue weighted by Crippen LogP contribution is 2.15. The molecule has 2 aliphatic rings. The molecule has 1 saturated carbocycles. The first kappa shape index (κ1) is 10.5. The van der Waals surface area contributed by atoms with Crippen molar-refractivity contribution in [3.05, 3.63) is 0 Å². The lowest BCUT2D eigenvalue weighted by molar-refractivity contribution is -0.129. The normalized spacial score (nSPS) is 25.4. The predicted octanol–water partition coefficient (Wildman–Crippen LogP) is 1.90. The van der Waals surface area contributed by atoms with Crippen LogP contribution in [0.25, 0.3) is 0 Å². The Labute approximate surface area is 79.4 Å². The number of carbonyl (C=O) groups is 1. The number of ether oxygens (including phenoxy) is 2. The van der Waals surface area contributed by atoms with Gasteiger partial charge >= 0.3 is 0 Å². The average Bonchev–Trinajstić information content (AvgIpc) is 3.02. The molecular formula is C10H18O3. The van der Waals surface area contributed by atoms with E-state index in [9.17, 15) is 4.79 Å². The number of epoxide rings is 1. The molecule has 0 radical (unpaired) electrons. The first-order chi connectivity index (χ1) is 6.43. The Morgan fingerprint density at radius 1 is 1.15 bits per heavy atom. The zero-order valence-corrected chi connectivity index (χ0v) is 8.04. The molecule has 3 nitrogen and oxygen atoms in total. The van der Waals surface area contributed by atoms with Crippen LogP contribution in [0.4, 0.5) is 0 Å². The molecule has 3 heteroatoms. The van der Waals surface area contributed by atoms with Crippen LogP contribution >= 0.6 is 0 Å². The number of hydrogen-bond acceptors (Lipinski definition) is 3. The molecule has 1 aliphatic heterocycles. The molecule has 1 aliphatic carbocycles. The van der Waals surface area contributed by atoms with Gasteiger partial charge in [-0.3, -0.25) is 4.79 Å². The first-order valence-corrected chi connectivity index (χ1v) is 5.10. The van der Waals surface area contributed by atoms with Crippen LogP contribution in [0.2, 0.25) is 0 Å². The molecule has 0 N–H and O–H groups in total. The lowest BCUT2D eigenvalue weighted by atomic mass is 10.0. The van der Waals surface area contributed by atoms with Gasteiger partial charge in [-0.2, -0.15) is 0 Å². The minimum absolute atomic E-state index is 0.199. The zero-order valence-electron chi connectivity index (χ0n) is 8.04. The van der Waals surface area contributed by atoms with E-state index in [1.165, 1.54) is 38.5 Å². The molecule has 0 aromatic rings. The van der Waals surface area contributed by atoms with Crippen LogP contribution in [0, 0.1) is 0 Å². The van der Waals surface area contributed by atoms with E-state index in [1.54, 1.807) is 0 Å². The third-order valence-corrected chi connectivity index (χ3v) is 2.25. The van der Waals surface area contributed by atoms with E-state index in [2.05, 4.69) is 4.74 Å². The van der Waals surface area contributed by atoms with Crippen molar-refractivity contribution in [1.29, 1.82) is 0 Å². The van der Waals surface area contributed by atoms with E-state index in [0.717, 1.165) is 6.61 Å². The summed E-state index contributed by atoms with van der Waals surface area (Å²) in [4.78, 5) is 9.46. The Balaban J connectivity index is 0.000000132. The zero-order chi connectivity index (χ0) is 9.36. The van der Waals surface area contributed by atoms with Crippen molar-refractivity contribution in [2.24, 2.45) is 0 Å². The highest BCUT2D eigenvalue weighted by Gasteiger charge is 2.22. The van der Waals surface area contributed by atoms with E-state index in [1.807, 2.05) is 0 Å². The smallest absolute Gasteiger partial charge is 0.293 e. The third kappa shape index (κ3) is 6.58. The molecule has 13 heavy (non-hydrogen) atoms. The lowest BCUT2D eigenvalue weighted by Crippen LogP contribution is -1.97. The Kier molecular flexibility index (Phi) is 5.57. The molecular weight excluding hydrogens is 168 g/mol. The summed E-state index contributed by atoms with van der Waals surface area (Å²) in [6.45, 7) is 1.60. The van der Waals surface area contributed by atoms with Gasteiger partial charge < -0.3 is 9.47 Å². The number of carbonyl (C=O) groups excluding carboxylic acids is 1. The van der Waals surface area contributed by atoms with Crippen LogP contribution in [0.15, 0.2) is 0 Å². The van der Waals surface area contributed by atoms with Gasteiger partial charge in [0.2, 0.25) is 0 Å². The molecule has 0 bridgehead atoms. The molecule has 0 aromatic heterocycles. The van der Waals surface area contributed by atoms with E-state index >= 15 is 0 Å². The molecule has 2 fully saturated rings. The summed E-state index contributed by atoms with van der Waals surface area (Å²) in [5.41, 5.74) is 0. The maximum Gasteiger partial charge on any atom is 0.293 e. The fourth-order valence-corrected chi connectivity index (χ4v) is 1.37. The second kappa shape index (κ2) is 6.89. The van der Waals surface area contributed by atoms with Gasteiger partial charge in [-0.05, 0) is 0 Å². The van der Waals surface area contributed by atoms with Crippen molar-refractivity contribution in [3.63, 3.8) is 0 Å². The van der Waals surface area contributed by atoms with E-state index < -0.39 is 0 Å². The topological polar surface area (TPSA) is 38.8 Å². The molecule has 0 spiro atoms. The Hall–Kier alpha value is -0.570. The van der Waals surface area contributed by atoms with Crippen LogP contribution in [-0.4, -0.2) is 25.8 Å². The summed E-state index contributed by atoms with van der Waals surface area (Å²) in [5.74, 6) is 0. The second-order valence-corrected chi connectivity index (χ2v) is 3.51. The minimum Gasteiger partial charge on any atom is -0.465 e. The van der Waals surface area contributed by atoms with Crippen LogP contribution < -0.4 is 0 Å². The number of hydrogen-bond donors (Lipinski definition) is 0. The van der Waals surface area contributed by atoms with E-state index in [0.29, 0.717) is 13.1 Å². The predicted molar refractivity (Wildman–Crippen MR) is 49.5 cm³/mol. The lowest BCUT2D eigenvalue weighted by Gasteiger charge is -2.05. The summed E-state index contributed by atoms with van der Waals surface area (Å²) in [5, 5.41) is 0. The van der Waals surface area contributed by atoms with Gasteiger partial charge in [0.25, 0.3) is 6.47 Å². The monoisotopic (exact) mass is 186 g/mol. The van der Waals surface area contributed by atoms with Crippen molar-refractivity contribution in [2.45, 2.75) is 44.6 Å². The van der Waals surface area contributed by atoms with Crippen molar-refractivity contribution in [3.8, 4) is 0 Å². The fraction of sp³-hybridized carbons (Fsp3) is 0.900. The largest absolute Gasteiger partial charge is 0.465 e. The average molecular weight is 186 g/mol. The van der Waals surface area contributed by atoms with Crippen LogP contribution in [0.1, 0.15) is 38.5 Å². The Morgan fingerprint density at radius 2 is 1.62 bits per heavy atom. The van der Waals surface area contributed by atoms with E-state index in [-0.39, 0.29) is 6.10 Å². The maximum atomic E-state index is 9.46. The molecule has 1 heterocycles. The summed E-state index contributed by atoms with van der Waals surface area (Å²) >= 11 is 0. The Bertz CT molecular complexity index is 117. The van der Waals surface area contributed by atoms with Gasteiger partial charge in [0.15, 0.2) is 0 Å². The van der Waals surface area contributed by atoms with Crippen molar-refractivity contribution in [1.82, 2.24) is 0 Å². The highest BCUT2D eigenvalue weighted by atomic mass is 16.6. The van der Waals surface area contributed by atoms with Gasteiger partial charge in [0, 0.05) is 0 Å². The van der Waals surface area contributed by atoms with Crippen molar-refractivity contribution >= 4 is 6.47 Å². The number of rotatable bonds is 3. The van der Waals surface area contributed by atoms with Gasteiger partial charge in [-0.15, -0.1) is 0 Å². The fourth-order valence-electron chi connectivity index (χ4n) is 1.37. The van der Waals surface area contributed by atoms with Gasteiger partial charge in [-0.25, -0.2) is 0 Å². The molecule has 2 rings (SSSR count). The van der Waals surface area contributed by atoms with Crippen molar-refractivity contribution in [2.75, 3.05) is 13.2 Å². The molecule has 1 saturated heterocycles. The third-order valence-electron chi connectivity index (χ3n) is 2.25. The van der Waals surface area contributed by atoms with Crippen LogP contribution in [0.5, 0.6) is 0 Å². The van der Waals surface area contributed by atoms with Crippen molar-refractivity contribution < 1.29 is 14.3 Å². The Morgan fingerprint density at radius 3 is 1.92 bits per heavy atom. The van der Waals surface area contributed by atoms with Gasteiger partial charge in [-0.1, -0.05) is 38.5 Å². The summed E-state index contributed by atoms with van der Waals surface area (Å²) in [6.07, 6.45) is 9.20. The molecule has 1 unspecified atom stereocenters. The summed E-state index contributed by atoms with van der Waals surface area (Å²) in [6, 6.07) is 0. The summed E-state index contributed by atoms with van der Waals surface area (Å²) in [7, 11) is 0. The molecule has 76 valence electrons. The summed E-state index contributed by atoms with van der Waals surface area (Å²) < 4.78 is 9.08. The second-order valence-electron chi connectivity index (χ2n) is 3.51. The van der Waals surface area contributed by atoms with Crippen LogP contribution in [-0.2, 0) is 14.3 Å². The minimum atomic E-state index is 0.199. The highest BCUT2D eigenvalue weighted by molar-refractivity contribution is 5.36. The van der Waals surface area contributed by atoms with E-state index in [4.69, 9.17) is 4.74 Å². The quantitative estimate of drug-likeness (QED) is 0.499. The van der Waals surface area contributed by atoms with Gasteiger partial charge in [0.05, 0.1) is 6.61 Å². The molecule has 1 atom stereocenters. The molecule has 0 aromatic carbocycles. The van der Waals surface area contributed by atoms with Gasteiger partial charge in [0.1, 0.15) is 12.7 Å². The first-order valence-electron chi connectivity index (χ1n) is 5.10. The van der Waals surface area contributed by atoms with Crippen LogP contribution in [0.3, 0.4) is 0 Å². The maximum absolute atomic E-state index is 9.46. The SMILES string of the molecule is C1CCCCC1.O=COCC1CO1. The molecule has 0 amide bonds.